The molecule has 0 bridgehead atoms. The Morgan fingerprint density at radius 2 is 2.06 bits per heavy atom. The minimum absolute atomic E-state index is 0.640. The molecular weight excluding hydrogens is 275 g/mol. The highest BCUT2D eigenvalue weighted by molar-refractivity contribution is 7.98. The van der Waals surface area contributed by atoms with Crippen molar-refractivity contribution in [3.63, 3.8) is 0 Å². The summed E-state index contributed by atoms with van der Waals surface area (Å²) in [4.78, 5) is 4.21. The lowest BCUT2D eigenvalue weighted by molar-refractivity contribution is 1.14. The molecule has 2 nitrogen and oxygen atoms in total. The standard InChI is InChI=1S/C12H10Cl2N2S/c13-9-4-3-8(10(14)6-9)7-17-12-11(15)2-1-5-16-12/h1-6H,7,15H2. The van der Waals surface area contributed by atoms with Crippen molar-refractivity contribution < 1.29 is 0 Å². The molecule has 0 saturated carbocycles. The molecule has 2 rings (SSSR count). The van der Waals surface area contributed by atoms with E-state index in [-0.39, 0.29) is 0 Å². The van der Waals surface area contributed by atoms with Crippen LogP contribution in [0.4, 0.5) is 5.69 Å². The third kappa shape index (κ3) is 3.28. The van der Waals surface area contributed by atoms with Crippen LogP contribution < -0.4 is 5.73 Å². The summed E-state index contributed by atoms with van der Waals surface area (Å²) in [5.41, 5.74) is 7.51. The van der Waals surface area contributed by atoms with E-state index < -0.39 is 0 Å². The van der Waals surface area contributed by atoms with Crippen LogP contribution in [-0.4, -0.2) is 4.98 Å². The van der Waals surface area contributed by atoms with Crippen LogP contribution in [0.5, 0.6) is 0 Å². The topological polar surface area (TPSA) is 38.9 Å². The molecule has 0 amide bonds. The Bertz CT molecular complexity index is 532. The van der Waals surface area contributed by atoms with Crippen LogP contribution >= 0.6 is 35.0 Å². The summed E-state index contributed by atoms with van der Waals surface area (Å²) in [5, 5.41) is 2.12. The Morgan fingerprint density at radius 1 is 1.24 bits per heavy atom. The molecular formula is C12H10Cl2N2S. The number of anilines is 1. The smallest absolute Gasteiger partial charge is 0.119 e. The van der Waals surface area contributed by atoms with Crippen molar-refractivity contribution in [2.24, 2.45) is 0 Å². The summed E-state index contributed by atoms with van der Waals surface area (Å²) in [6.45, 7) is 0. The second-order valence-corrected chi connectivity index (χ2v) is 5.23. The number of pyridine rings is 1. The molecule has 0 aliphatic heterocycles. The van der Waals surface area contributed by atoms with Crippen LogP contribution in [0.1, 0.15) is 5.56 Å². The van der Waals surface area contributed by atoms with E-state index in [0.29, 0.717) is 15.7 Å². The predicted molar refractivity (Wildman–Crippen MR) is 74.7 cm³/mol. The molecule has 5 heteroatoms. The Balaban J connectivity index is 2.10. The molecule has 2 aromatic rings. The van der Waals surface area contributed by atoms with Gasteiger partial charge in [0.15, 0.2) is 0 Å². The number of nitrogen functional groups attached to an aromatic ring is 1. The SMILES string of the molecule is Nc1cccnc1SCc1ccc(Cl)cc1Cl. The first-order valence-corrected chi connectivity index (χ1v) is 6.68. The van der Waals surface area contributed by atoms with Crippen molar-refractivity contribution in [2.75, 3.05) is 5.73 Å². The Labute approximate surface area is 114 Å². The lowest BCUT2D eigenvalue weighted by atomic mass is 10.2. The van der Waals surface area contributed by atoms with Crippen LogP contribution in [-0.2, 0) is 5.75 Å². The molecule has 0 aliphatic carbocycles. The third-order valence-corrected chi connectivity index (χ3v) is 3.84. The van der Waals surface area contributed by atoms with E-state index >= 15 is 0 Å². The molecule has 88 valence electrons. The number of thioether (sulfide) groups is 1. The lowest BCUT2D eigenvalue weighted by Crippen LogP contribution is -1.91. The second kappa shape index (κ2) is 5.63. The van der Waals surface area contributed by atoms with Crippen molar-refractivity contribution in [3.8, 4) is 0 Å². The molecule has 1 heterocycles. The van der Waals surface area contributed by atoms with Gasteiger partial charge in [0.2, 0.25) is 0 Å². The fraction of sp³-hybridized carbons (Fsp3) is 0.0833. The molecule has 1 aromatic carbocycles. The third-order valence-electron chi connectivity index (χ3n) is 2.18. The molecule has 17 heavy (non-hydrogen) atoms. The summed E-state index contributed by atoms with van der Waals surface area (Å²) in [6, 6.07) is 9.12. The van der Waals surface area contributed by atoms with Gasteiger partial charge in [-0.15, -0.1) is 0 Å². The first kappa shape index (κ1) is 12.6. The maximum atomic E-state index is 6.09. The first-order chi connectivity index (χ1) is 8.16. The predicted octanol–water partition coefficient (Wildman–Crippen LogP) is 4.26. The van der Waals surface area contributed by atoms with E-state index in [9.17, 15) is 0 Å². The molecule has 2 N–H and O–H groups in total. The van der Waals surface area contributed by atoms with Crippen molar-refractivity contribution >= 4 is 40.7 Å². The number of nitrogens with two attached hydrogens (primary N) is 1. The van der Waals surface area contributed by atoms with Gasteiger partial charge in [-0.05, 0) is 29.8 Å². The zero-order valence-corrected chi connectivity index (χ0v) is 11.2. The highest BCUT2D eigenvalue weighted by atomic mass is 35.5. The summed E-state index contributed by atoms with van der Waals surface area (Å²) in [7, 11) is 0. The van der Waals surface area contributed by atoms with Crippen molar-refractivity contribution in [3.05, 3.63) is 52.1 Å². The molecule has 0 spiro atoms. The Hall–Kier alpha value is -0.900. The van der Waals surface area contributed by atoms with Gasteiger partial charge in [-0.2, -0.15) is 0 Å². The van der Waals surface area contributed by atoms with Gasteiger partial charge >= 0.3 is 0 Å². The fourth-order valence-corrected chi connectivity index (χ4v) is 2.78. The minimum atomic E-state index is 0.640. The average molecular weight is 285 g/mol. The Morgan fingerprint density at radius 3 is 2.76 bits per heavy atom. The fourth-order valence-electron chi connectivity index (χ4n) is 1.31. The normalized spacial score (nSPS) is 10.5. The molecule has 0 atom stereocenters. The number of hydrogen-bond acceptors (Lipinski definition) is 3. The summed E-state index contributed by atoms with van der Waals surface area (Å²) in [5.74, 6) is 0.719. The van der Waals surface area contributed by atoms with Crippen LogP contribution in [0.15, 0.2) is 41.6 Å². The van der Waals surface area contributed by atoms with Gasteiger partial charge in [0.05, 0.1) is 5.69 Å². The highest BCUT2D eigenvalue weighted by Crippen LogP contribution is 2.29. The second-order valence-electron chi connectivity index (χ2n) is 3.42. The molecule has 0 aliphatic rings. The van der Waals surface area contributed by atoms with Crippen molar-refractivity contribution in [1.29, 1.82) is 0 Å². The van der Waals surface area contributed by atoms with Crippen LogP contribution in [0.25, 0.3) is 0 Å². The number of hydrogen-bond donors (Lipinski definition) is 1. The van der Waals surface area contributed by atoms with E-state index in [1.54, 1.807) is 24.0 Å². The highest BCUT2D eigenvalue weighted by Gasteiger charge is 2.05. The number of rotatable bonds is 3. The summed E-state index contributed by atoms with van der Waals surface area (Å²) in [6.07, 6.45) is 1.72. The number of halogens is 2. The number of benzene rings is 1. The number of aromatic nitrogens is 1. The summed E-state index contributed by atoms with van der Waals surface area (Å²) >= 11 is 13.5. The summed E-state index contributed by atoms with van der Waals surface area (Å²) < 4.78 is 0. The van der Waals surface area contributed by atoms with E-state index in [1.165, 1.54) is 0 Å². The first-order valence-electron chi connectivity index (χ1n) is 4.94. The molecule has 0 unspecified atom stereocenters. The van der Waals surface area contributed by atoms with Crippen molar-refractivity contribution in [1.82, 2.24) is 4.98 Å². The molecule has 0 fully saturated rings. The van der Waals surface area contributed by atoms with E-state index in [4.69, 9.17) is 28.9 Å². The van der Waals surface area contributed by atoms with Gasteiger partial charge in [-0.1, -0.05) is 41.0 Å². The van der Waals surface area contributed by atoms with E-state index in [1.807, 2.05) is 24.3 Å². The average Bonchev–Trinajstić information content (AvgIpc) is 2.30. The van der Waals surface area contributed by atoms with Crippen LogP contribution in [0, 0.1) is 0 Å². The van der Waals surface area contributed by atoms with Gasteiger partial charge in [0.25, 0.3) is 0 Å². The minimum Gasteiger partial charge on any atom is -0.397 e. The Kier molecular flexibility index (Phi) is 4.15. The maximum absolute atomic E-state index is 6.09. The van der Waals surface area contributed by atoms with Gasteiger partial charge in [0, 0.05) is 22.0 Å². The van der Waals surface area contributed by atoms with Crippen LogP contribution in [0.2, 0.25) is 10.0 Å². The zero-order valence-electron chi connectivity index (χ0n) is 8.86. The lowest BCUT2D eigenvalue weighted by Gasteiger charge is -2.06. The molecule has 1 aromatic heterocycles. The largest absolute Gasteiger partial charge is 0.397 e. The van der Waals surface area contributed by atoms with E-state index in [0.717, 1.165) is 16.3 Å². The molecule has 0 radical (unpaired) electrons. The van der Waals surface area contributed by atoms with Gasteiger partial charge in [0.1, 0.15) is 5.03 Å². The van der Waals surface area contributed by atoms with Crippen LogP contribution in [0.3, 0.4) is 0 Å². The number of nitrogens with zero attached hydrogens (tertiary/aromatic N) is 1. The maximum Gasteiger partial charge on any atom is 0.119 e. The van der Waals surface area contributed by atoms with Gasteiger partial charge < -0.3 is 5.73 Å². The van der Waals surface area contributed by atoms with Gasteiger partial charge in [-0.25, -0.2) is 4.98 Å². The van der Waals surface area contributed by atoms with E-state index in [2.05, 4.69) is 4.98 Å². The monoisotopic (exact) mass is 284 g/mol. The van der Waals surface area contributed by atoms with Gasteiger partial charge in [-0.3, -0.25) is 0 Å². The quantitative estimate of drug-likeness (QED) is 0.856. The zero-order chi connectivity index (χ0) is 12.3. The van der Waals surface area contributed by atoms with Crippen molar-refractivity contribution in [2.45, 2.75) is 10.8 Å². The molecule has 0 saturated heterocycles.